The fourth-order valence-electron chi connectivity index (χ4n) is 3.46. The highest BCUT2D eigenvalue weighted by Gasteiger charge is 2.35. The minimum atomic E-state index is -4.44. The van der Waals surface area contributed by atoms with Crippen molar-refractivity contribution in [3.05, 3.63) is 60.0 Å². The van der Waals surface area contributed by atoms with E-state index in [1.54, 1.807) is 6.07 Å². The Hall–Kier alpha value is -3.07. The molecule has 1 N–H and O–H groups in total. The Morgan fingerprint density at radius 1 is 1.03 bits per heavy atom. The summed E-state index contributed by atoms with van der Waals surface area (Å²) in [6.45, 7) is 1.04. The van der Waals surface area contributed by atoms with Crippen LogP contribution in [0.4, 0.5) is 18.9 Å². The van der Waals surface area contributed by atoms with Crippen LogP contribution in [0.1, 0.15) is 24.3 Å². The van der Waals surface area contributed by atoms with Gasteiger partial charge in [-0.3, -0.25) is 0 Å². The number of para-hydroxylation sites is 1. The molecule has 30 heavy (non-hydrogen) atoms. The maximum atomic E-state index is 13.1. The van der Waals surface area contributed by atoms with Gasteiger partial charge in [0.05, 0.1) is 5.56 Å². The van der Waals surface area contributed by atoms with E-state index in [2.05, 4.69) is 15.1 Å². The van der Waals surface area contributed by atoms with Crippen LogP contribution in [0.5, 0.6) is 5.75 Å². The van der Waals surface area contributed by atoms with Gasteiger partial charge in [-0.25, -0.2) is 0 Å². The normalized spacial score (nSPS) is 15.4. The Kier molecular flexibility index (Phi) is 5.63. The van der Waals surface area contributed by atoms with E-state index in [0.29, 0.717) is 31.8 Å². The van der Waals surface area contributed by atoms with E-state index in [0.717, 1.165) is 17.3 Å². The highest BCUT2D eigenvalue weighted by atomic mass is 19.4. The molecule has 9 heteroatoms. The molecule has 3 aromatic rings. The monoisotopic (exact) mass is 419 g/mol. The first-order valence-corrected chi connectivity index (χ1v) is 9.55. The van der Waals surface area contributed by atoms with Crippen LogP contribution in [0.3, 0.4) is 0 Å². The van der Waals surface area contributed by atoms with Crippen molar-refractivity contribution in [3.8, 4) is 17.2 Å². The zero-order valence-corrected chi connectivity index (χ0v) is 16.0. The van der Waals surface area contributed by atoms with Gasteiger partial charge in [0.15, 0.2) is 0 Å². The molecule has 2 aromatic carbocycles. The Balaban J connectivity index is 1.37. The van der Waals surface area contributed by atoms with Crippen LogP contribution < -0.4 is 9.64 Å². The van der Waals surface area contributed by atoms with Crippen LogP contribution in [0.2, 0.25) is 0 Å². The van der Waals surface area contributed by atoms with Gasteiger partial charge in [-0.15, -0.1) is 10.2 Å². The van der Waals surface area contributed by atoms with E-state index >= 15 is 0 Å². The number of benzene rings is 2. The number of alkyl halides is 3. The molecular weight excluding hydrogens is 399 g/mol. The van der Waals surface area contributed by atoms with Gasteiger partial charge in [0, 0.05) is 37.2 Å². The van der Waals surface area contributed by atoms with Gasteiger partial charge in [0.2, 0.25) is 11.8 Å². The molecule has 1 aliphatic rings. The van der Waals surface area contributed by atoms with Gasteiger partial charge in [-0.2, -0.15) is 13.2 Å². The molecule has 0 amide bonds. The lowest BCUT2D eigenvalue weighted by atomic mass is 10.1. The number of halogens is 3. The van der Waals surface area contributed by atoms with Crippen LogP contribution >= 0.6 is 0 Å². The molecule has 0 atom stereocenters. The fourth-order valence-corrected chi connectivity index (χ4v) is 3.46. The van der Waals surface area contributed by atoms with Crippen molar-refractivity contribution >= 4 is 5.69 Å². The quantitative estimate of drug-likeness (QED) is 0.665. The predicted molar refractivity (Wildman–Crippen MR) is 103 cm³/mol. The van der Waals surface area contributed by atoms with Crippen molar-refractivity contribution in [2.24, 2.45) is 0 Å². The first kappa shape index (κ1) is 20.2. The zero-order chi connectivity index (χ0) is 21.1. The Bertz CT molecular complexity index is 981. The molecule has 1 saturated heterocycles. The van der Waals surface area contributed by atoms with Crippen molar-refractivity contribution in [2.45, 2.75) is 31.7 Å². The average Bonchev–Trinajstić information content (AvgIpc) is 3.23. The summed E-state index contributed by atoms with van der Waals surface area (Å²) < 4.78 is 50.5. The first-order valence-electron chi connectivity index (χ1n) is 9.55. The van der Waals surface area contributed by atoms with E-state index in [-0.39, 0.29) is 24.4 Å². The minimum absolute atomic E-state index is 0.116. The number of hydrogen-bond donors (Lipinski definition) is 1. The summed E-state index contributed by atoms with van der Waals surface area (Å²) >= 11 is 0. The number of aliphatic hydroxyl groups is 1. The predicted octanol–water partition coefficient (Wildman–Crippen LogP) is 4.30. The number of rotatable bonds is 5. The van der Waals surface area contributed by atoms with E-state index in [4.69, 9.17) is 14.3 Å². The molecule has 2 heterocycles. The van der Waals surface area contributed by atoms with E-state index in [1.807, 2.05) is 24.3 Å². The first-order chi connectivity index (χ1) is 14.4. The smallest absolute Gasteiger partial charge is 0.419 e. The Labute approximate surface area is 170 Å². The van der Waals surface area contributed by atoms with Gasteiger partial charge in [0.1, 0.15) is 18.5 Å². The van der Waals surface area contributed by atoms with Crippen molar-refractivity contribution in [3.63, 3.8) is 0 Å². The van der Waals surface area contributed by atoms with E-state index in [9.17, 15) is 13.2 Å². The maximum Gasteiger partial charge on any atom is 0.419 e. The maximum absolute atomic E-state index is 13.1. The van der Waals surface area contributed by atoms with E-state index < -0.39 is 11.7 Å². The number of hydrogen-bond acceptors (Lipinski definition) is 6. The molecule has 1 fully saturated rings. The second-order valence-electron chi connectivity index (χ2n) is 7.00. The second-order valence-corrected chi connectivity index (χ2v) is 7.00. The molecular formula is C21H20F3N3O3. The highest BCUT2D eigenvalue weighted by molar-refractivity contribution is 5.59. The summed E-state index contributed by atoms with van der Waals surface area (Å²) in [5, 5.41) is 16.6. The molecule has 1 aliphatic heterocycles. The number of piperidine rings is 1. The number of nitrogens with zero attached hydrogens (tertiary/aromatic N) is 3. The largest absolute Gasteiger partial charge is 0.490 e. The zero-order valence-electron chi connectivity index (χ0n) is 16.0. The van der Waals surface area contributed by atoms with Crippen molar-refractivity contribution < 1.29 is 27.4 Å². The standard InChI is InChI=1S/C21H20F3N3O3/c22-21(23,24)17-3-1-2-4-18(17)29-16-9-11-27(12-10-16)15-7-5-14(6-8-15)20-26-25-19(13-28)30-20/h1-8,16,28H,9-13H2. The molecule has 0 saturated carbocycles. The van der Waals surface area contributed by atoms with Gasteiger partial charge < -0.3 is 19.2 Å². The van der Waals surface area contributed by atoms with Crippen LogP contribution in [0, 0.1) is 0 Å². The summed E-state index contributed by atoms with van der Waals surface area (Å²) in [5.74, 6) is 0.374. The Morgan fingerprint density at radius 3 is 2.37 bits per heavy atom. The topological polar surface area (TPSA) is 71.6 Å². The summed E-state index contributed by atoms with van der Waals surface area (Å²) in [5.41, 5.74) is 0.996. The number of ether oxygens (including phenoxy) is 1. The third kappa shape index (κ3) is 4.40. The van der Waals surface area contributed by atoms with Gasteiger partial charge in [-0.1, -0.05) is 12.1 Å². The lowest BCUT2D eigenvalue weighted by Crippen LogP contribution is -2.38. The molecule has 0 bridgehead atoms. The van der Waals surface area contributed by atoms with Gasteiger partial charge in [-0.05, 0) is 36.4 Å². The van der Waals surface area contributed by atoms with Crippen LogP contribution in [0.15, 0.2) is 52.9 Å². The lowest BCUT2D eigenvalue weighted by molar-refractivity contribution is -0.139. The summed E-state index contributed by atoms with van der Waals surface area (Å²) in [7, 11) is 0. The van der Waals surface area contributed by atoms with Crippen LogP contribution in [0.25, 0.3) is 11.5 Å². The second kappa shape index (κ2) is 8.35. The molecule has 1 aromatic heterocycles. The third-order valence-corrected chi connectivity index (χ3v) is 5.01. The number of aliphatic hydroxyl groups excluding tert-OH is 1. The lowest BCUT2D eigenvalue weighted by Gasteiger charge is -2.34. The molecule has 0 spiro atoms. The van der Waals surface area contributed by atoms with Crippen molar-refractivity contribution in [1.82, 2.24) is 10.2 Å². The van der Waals surface area contributed by atoms with Gasteiger partial charge in [0.25, 0.3) is 0 Å². The van der Waals surface area contributed by atoms with Crippen LogP contribution in [-0.4, -0.2) is 34.5 Å². The van der Waals surface area contributed by atoms with Crippen molar-refractivity contribution in [1.29, 1.82) is 0 Å². The molecule has 158 valence electrons. The number of anilines is 1. The third-order valence-electron chi connectivity index (χ3n) is 5.01. The number of aromatic nitrogens is 2. The highest BCUT2D eigenvalue weighted by Crippen LogP contribution is 2.37. The Morgan fingerprint density at radius 2 is 1.73 bits per heavy atom. The average molecular weight is 419 g/mol. The van der Waals surface area contributed by atoms with Gasteiger partial charge >= 0.3 is 6.18 Å². The van der Waals surface area contributed by atoms with Crippen molar-refractivity contribution in [2.75, 3.05) is 18.0 Å². The SMILES string of the molecule is OCc1nnc(-c2ccc(N3CCC(Oc4ccccc4C(F)(F)F)CC3)cc2)o1. The minimum Gasteiger partial charge on any atom is -0.490 e. The fraction of sp³-hybridized carbons (Fsp3) is 0.333. The van der Waals surface area contributed by atoms with Crippen LogP contribution in [-0.2, 0) is 12.8 Å². The molecule has 0 unspecified atom stereocenters. The van der Waals surface area contributed by atoms with E-state index in [1.165, 1.54) is 12.1 Å². The molecule has 6 nitrogen and oxygen atoms in total. The summed E-state index contributed by atoms with van der Waals surface area (Å²) in [4.78, 5) is 2.16. The molecule has 4 rings (SSSR count). The summed E-state index contributed by atoms with van der Waals surface area (Å²) in [6, 6.07) is 12.9. The molecule has 0 radical (unpaired) electrons. The summed E-state index contributed by atoms with van der Waals surface area (Å²) in [6.07, 6.45) is -3.45. The molecule has 0 aliphatic carbocycles.